The molecule has 1 saturated carbocycles. The Morgan fingerprint density at radius 1 is 1.33 bits per heavy atom. The van der Waals surface area contributed by atoms with Crippen molar-refractivity contribution in [1.82, 2.24) is 0 Å². The molecule has 1 fully saturated rings. The zero-order valence-electron chi connectivity index (χ0n) is 16.6. The van der Waals surface area contributed by atoms with Crippen molar-refractivity contribution in [2.75, 3.05) is 0 Å². The van der Waals surface area contributed by atoms with E-state index in [9.17, 15) is 15.0 Å². The number of carboxylic acids is 1. The molecule has 0 spiro atoms. The summed E-state index contributed by atoms with van der Waals surface area (Å²) in [6.07, 6.45) is 14.3. The number of aliphatic carboxylic acids is 1. The molecule has 0 aromatic heterocycles. The quantitative estimate of drug-likeness (QED) is 0.242. The lowest BCUT2D eigenvalue weighted by Crippen LogP contribution is -2.22. The first kappa shape index (κ1) is 21.7. The normalized spacial score (nSPS) is 28.7. The predicted molar refractivity (Wildman–Crippen MR) is 108 cm³/mol. The fraction of sp³-hybridized carbons (Fsp3) is 0.696. The first-order valence-corrected chi connectivity index (χ1v) is 10.5. The van der Waals surface area contributed by atoms with Gasteiger partial charge in [0.2, 0.25) is 0 Å². The third kappa shape index (κ3) is 6.53. The van der Waals surface area contributed by atoms with Crippen LogP contribution in [0.2, 0.25) is 0 Å². The van der Waals surface area contributed by atoms with Crippen LogP contribution in [0.1, 0.15) is 71.1 Å². The highest BCUT2D eigenvalue weighted by atomic mass is 16.4. The van der Waals surface area contributed by atoms with Crippen LogP contribution in [0.4, 0.5) is 0 Å². The number of allylic oxidation sites excluding steroid dienone is 4. The van der Waals surface area contributed by atoms with E-state index in [1.165, 1.54) is 5.57 Å². The van der Waals surface area contributed by atoms with Crippen LogP contribution in [0.25, 0.3) is 0 Å². The molecule has 0 aromatic carbocycles. The van der Waals surface area contributed by atoms with Gasteiger partial charge in [-0.15, -0.1) is 6.58 Å². The van der Waals surface area contributed by atoms with Crippen LogP contribution in [-0.4, -0.2) is 27.4 Å². The molecule has 0 heterocycles. The van der Waals surface area contributed by atoms with Crippen molar-refractivity contribution in [1.29, 1.82) is 0 Å². The molecule has 0 radical (unpaired) electrons. The summed E-state index contributed by atoms with van der Waals surface area (Å²) in [5.74, 6) is 0.647. The first-order chi connectivity index (χ1) is 12.9. The van der Waals surface area contributed by atoms with E-state index in [0.717, 1.165) is 51.4 Å². The molecule has 2 aliphatic rings. The summed E-state index contributed by atoms with van der Waals surface area (Å²) in [4.78, 5) is 10.6. The molecule has 0 amide bonds. The Hall–Kier alpha value is -1.55. The maximum atomic E-state index is 10.6. The molecule has 4 heteroatoms. The molecule has 0 saturated heterocycles. The average molecular weight is 377 g/mol. The maximum Gasteiger partial charge on any atom is 0.303 e. The Labute approximate surface area is 163 Å². The third-order valence-corrected chi connectivity index (χ3v) is 6.20. The van der Waals surface area contributed by atoms with Crippen molar-refractivity contribution in [2.45, 2.75) is 77.2 Å². The van der Waals surface area contributed by atoms with Crippen molar-refractivity contribution in [3.8, 4) is 0 Å². The molecule has 0 aliphatic heterocycles. The van der Waals surface area contributed by atoms with Crippen molar-refractivity contribution in [3.05, 3.63) is 36.1 Å². The SMILES string of the molecule is C=CCCCC(C)CC=C(O)[C@H]1C2CC(CCCCC(=O)O)=CC2C[C@@H]1O. The van der Waals surface area contributed by atoms with Gasteiger partial charge in [-0.3, -0.25) is 4.79 Å². The number of aliphatic hydroxyl groups is 2. The summed E-state index contributed by atoms with van der Waals surface area (Å²) >= 11 is 0. The van der Waals surface area contributed by atoms with E-state index in [0.29, 0.717) is 29.9 Å². The molecule has 152 valence electrons. The van der Waals surface area contributed by atoms with Crippen LogP contribution in [0.5, 0.6) is 0 Å². The molecular formula is C23H36O4. The van der Waals surface area contributed by atoms with Crippen LogP contribution in [0.15, 0.2) is 36.1 Å². The summed E-state index contributed by atoms with van der Waals surface area (Å²) in [6.45, 7) is 5.95. The molecule has 0 aromatic rings. The summed E-state index contributed by atoms with van der Waals surface area (Å²) in [5.41, 5.74) is 1.37. The Bertz CT molecular complexity index is 563. The Kier molecular flexibility index (Phi) is 8.62. The molecule has 2 rings (SSSR count). The van der Waals surface area contributed by atoms with Crippen molar-refractivity contribution < 1.29 is 20.1 Å². The minimum atomic E-state index is -0.732. The Morgan fingerprint density at radius 2 is 2.11 bits per heavy atom. The van der Waals surface area contributed by atoms with E-state index in [-0.39, 0.29) is 12.3 Å². The van der Waals surface area contributed by atoms with Gasteiger partial charge < -0.3 is 15.3 Å². The highest BCUT2D eigenvalue weighted by Crippen LogP contribution is 2.49. The monoisotopic (exact) mass is 376 g/mol. The summed E-state index contributed by atoms with van der Waals surface area (Å²) < 4.78 is 0. The average Bonchev–Trinajstić information content (AvgIpc) is 3.12. The van der Waals surface area contributed by atoms with Gasteiger partial charge in [0.05, 0.1) is 11.9 Å². The number of aliphatic hydroxyl groups excluding tert-OH is 2. The van der Waals surface area contributed by atoms with E-state index in [1.54, 1.807) is 0 Å². The standard InChI is InChI=1S/C23H36O4/c1-3-4-5-8-16(2)11-12-20(24)23-19-14-17(9-6-7-10-22(26)27)13-18(19)15-21(23)25/h3,12-13,16,18-19,21,23-25H,1,4-11,14-15H2,2H3,(H,26,27)/t16?,18?,19?,21-,23+/m0/s1. The van der Waals surface area contributed by atoms with Crippen molar-refractivity contribution in [3.63, 3.8) is 0 Å². The summed E-state index contributed by atoms with van der Waals surface area (Å²) in [5, 5.41) is 29.8. The molecule has 0 bridgehead atoms. The van der Waals surface area contributed by atoms with Crippen LogP contribution < -0.4 is 0 Å². The van der Waals surface area contributed by atoms with Gasteiger partial charge in [0.15, 0.2) is 0 Å². The number of hydrogen-bond donors (Lipinski definition) is 3. The number of carbonyl (C=O) groups is 1. The lowest BCUT2D eigenvalue weighted by Gasteiger charge is -2.22. The highest BCUT2D eigenvalue weighted by Gasteiger charge is 2.46. The molecule has 27 heavy (non-hydrogen) atoms. The number of rotatable bonds is 12. The molecule has 2 aliphatic carbocycles. The third-order valence-electron chi connectivity index (χ3n) is 6.20. The predicted octanol–water partition coefficient (Wildman–Crippen LogP) is 5.40. The first-order valence-electron chi connectivity index (χ1n) is 10.5. The molecule has 4 nitrogen and oxygen atoms in total. The maximum absolute atomic E-state index is 10.6. The van der Waals surface area contributed by atoms with E-state index < -0.39 is 12.1 Å². The number of carboxylic acid groups (broad SMARTS) is 1. The van der Waals surface area contributed by atoms with E-state index in [1.807, 2.05) is 12.2 Å². The lowest BCUT2D eigenvalue weighted by atomic mass is 9.86. The van der Waals surface area contributed by atoms with Crippen LogP contribution in [-0.2, 0) is 4.79 Å². The van der Waals surface area contributed by atoms with Gasteiger partial charge in [0.25, 0.3) is 0 Å². The second kappa shape index (κ2) is 10.7. The van der Waals surface area contributed by atoms with Crippen molar-refractivity contribution >= 4 is 5.97 Å². The van der Waals surface area contributed by atoms with E-state index in [2.05, 4.69) is 19.6 Å². The van der Waals surface area contributed by atoms with Crippen molar-refractivity contribution in [2.24, 2.45) is 23.7 Å². The molecule has 5 atom stereocenters. The smallest absolute Gasteiger partial charge is 0.303 e. The zero-order valence-corrected chi connectivity index (χ0v) is 16.6. The van der Waals surface area contributed by atoms with Gasteiger partial charge in [-0.05, 0) is 75.2 Å². The van der Waals surface area contributed by atoms with Gasteiger partial charge in [-0.2, -0.15) is 0 Å². The van der Waals surface area contributed by atoms with Crippen LogP contribution in [0, 0.1) is 23.7 Å². The zero-order chi connectivity index (χ0) is 19.8. The molecule has 3 N–H and O–H groups in total. The van der Waals surface area contributed by atoms with E-state index in [4.69, 9.17) is 5.11 Å². The fourth-order valence-electron chi connectivity index (χ4n) is 4.71. The fourth-order valence-corrected chi connectivity index (χ4v) is 4.71. The Morgan fingerprint density at radius 3 is 2.81 bits per heavy atom. The number of unbranched alkanes of at least 4 members (excludes halogenated alkanes) is 2. The molecular weight excluding hydrogens is 340 g/mol. The number of hydrogen-bond acceptors (Lipinski definition) is 3. The summed E-state index contributed by atoms with van der Waals surface area (Å²) in [6, 6.07) is 0. The van der Waals surface area contributed by atoms with Gasteiger partial charge in [-0.1, -0.05) is 31.1 Å². The lowest BCUT2D eigenvalue weighted by molar-refractivity contribution is -0.137. The van der Waals surface area contributed by atoms with Gasteiger partial charge >= 0.3 is 5.97 Å². The topological polar surface area (TPSA) is 77.8 Å². The minimum absolute atomic E-state index is 0.150. The highest BCUT2D eigenvalue weighted by molar-refractivity contribution is 5.66. The van der Waals surface area contributed by atoms with Crippen LogP contribution in [0.3, 0.4) is 0 Å². The second-order valence-corrected chi connectivity index (χ2v) is 8.48. The largest absolute Gasteiger partial charge is 0.512 e. The Balaban J connectivity index is 1.83. The number of fused-ring (bicyclic) bond motifs is 1. The molecule has 3 unspecified atom stereocenters. The van der Waals surface area contributed by atoms with Crippen LogP contribution >= 0.6 is 0 Å². The van der Waals surface area contributed by atoms with Gasteiger partial charge in [0.1, 0.15) is 0 Å². The second-order valence-electron chi connectivity index (χ2n) is 8.48. The van der Waals surface area contributed by atoms with Gasteiger partial charge in [0, 0.05) is 12.3 Å². The minimum Gasteiger partial charge on any atom is -0.512 e. The van der Waals surface area contributed by atoms with E-state index >= 15 is 0 Å². The summed E-state index contributed by atoms with van der Waals surface area (Å²) in [7, 11) is 0. The van der Waals surface area contributed by atoms with Gasteiger partial charge in [-0.25, -0.2) is 0 Å².